The van der Waals surface area contributed by atoms with Crippen molar-refractivity contribution in [3.05, 3.63) is 50.6 Å². The highest BCUT2D eigenvalue weighted by Gasteiger charge is 2.21. The number of H-pyrrole nitrogens is 1. The van der Waals surface area contributed by atoms with Crippen LogP contribution in [-0.4, -0.2) is 45.5 Å². The molecule has 3 aromatic rings. The first-order valence-electron chi connectivity index (χ1n) is 11.3. The molecule has 0 saturated heterocycles. The highest BCUT2D eigenvalue weighted by atomic mass is 32.2. The molecular formula is C24H28N4O3S2. The number of rotatable bonds is 8. The fourth-order valence-corrected chi connectivity index (χ4v) is 6.16. The molecule has 33 heavy (non-hydrogen) atoms. The Bertz CT molecular complexity index is 1230. The molecule has 1 aliphatic carbocycles. The number of thioether (sulfide) groups is 1. The summed E-state index contributed by atoms with van der Waals surface area (Å²) in [6, 6.07) is 7.55. The predicted octanol–water partition coefficient (Wildman–Crippen LogP) is 4.14. The van der Waals surface area contributed by atoms with Crippen molar-refractivity contribution in [1.82, 2.24) is 14.9 Å². The molecule has 0 spiro atoms. The van der Waals surface area contributed by atoms with Crippen LogP contribution in [0.2, 0.25) is 0 Å². The Balaban J connectivity index is 1.41. The molecule has 2 aromatic heterocycles. The molecule has 0 unspecified atom stereocenters. The van der Waals surface area contributed by atoms with Gasteiger partial charge in [0.05, 0.1) is 17.7 Å². The summed E-state index contributed by atoms with van der Waals surface area (Å²) in [4.78, 5) is 49.2. The Labute approximate surface area is 201 Å². The van der Waals surface area contributed by atoms with E-state index in [4.69, 9.17) is 0 Å². The van der Waals surface area contributed by atoms with Gasteiger partial charge in [0.25, 0.3) is 5.56 Å². The molecule has 1 aliphatic rings. The van der Waals surface area contributed by atoms with E-state index < -0.39 is 0 Å². The molecule has 0 aliphatic heterocycles. The second-order valence-electron chi connectivity index (χ2n) is 8.23. The third-order valence-electron chi connectivity index (χ3n) is 5.74. The Morgan fingerprint density at radius 3 is 2.82 bits per heavy atom. The number of anilines is 1. The lowest BCUT2D eigenvalue weighted by molar-refractivity contribution is -0.132. The van der Waals surface area contributed by atoms with Crippen molar-refractivity contribution in [3.8, 4) is 0 Å². The summed E-state index contributed by atoms with van der Waals surface area (Å²) in [5.74, 6) is -0.278. The average Bonchev–Trinajstić information content (AvgIpc) is 3.17. The molecule has 2 amide bonds. The Morgan fingerprint density at radius 1 is 1.24 bits per heavy atom. The first kappa shape index (κ1) is 23.5. The molecule has 0 atom stereocenters. The van der Waals surface area contributed by atoms with E-state index in [1.807, 2.05) is 38.1 Å². The number of thiophene rings is 1. The standard InChI is InChI=1S/C24H28N4O3S2/c1-3-12-28(13-19(29)25-17-10-6-4-8-15(17)2)20(30)14-32-24-26-22(31)21-16-9-5-7-11-18(16)33-23(21)27-24/h4,6,8,10H,3,5,7,9,11-14H2,1-2H3,(H,25,29)(H,26,27,31). The zero-order chi connectivity index (χ0) is 23.4. The van der Waals surface area contributed by atoms with Gasteiger partial charge in [0.1, 0.15) is 4.83 Å². The SMILES string of the molecule is CCCN(CC(=O)Nc1ccccc1C)C(=O)CSc1nc2sc3c(c2c(=O)[nH]1)CCCC3. The quantitative estimate of drug-likeness (QED) is 0.370. The Kier molecular flexibility index (Phi) is 7.49. The molecule has 2 heterocycles. The van der Waals surface area contributed by atoms with E-state index in [1.165, 1.54) is 16.6 Å². The van der Waals surface area contributed by atoms with Crippen LogP contribution in [0.25, 0.3) is 10.2 Å². The minimum atomic E-state index is -0.229. The van der Waals surface area contributed by atoms with Gasteiger partial charge in [-0.3, -0.25) is 14.4 Å². The Hall–Kier alpha value is -2.65. The lowest BCUT2D eigenvalue weighted by Crippen LogP contribution is -2.39. The van der Waals surface area contributed by atoms with Crippen molar-refractivity contribution in [2.24, 2.45) is 0 Å². The lowest BCUT2D eigenvalue weighted by atomic mass is 9.97. The van der Waals surface area contributed by atoms with Crippen molar-refractivity contribution in [2.75, 3.05) is 24.2 Å². The number of hydrogen-bond acceptors (Lipinski definition) is 6. The maximum atomic E-state index is 12.9. The average molecular weight is 485 g/mol. The molecule has 174 valence electrons. The number of nitrogens with zero attached hydrogens (tertiary/aromatic N) is 2. The predicted molar refractivity (Wildman–Crippen MR) is 134 cm³/mol. The second kappa shape index (κ2) is 10.5. The van der Waals surface area contributed by atoms with Gasteiger partial charge in [0.2, 0.25) is 11.8 Å². The van der Waals surface area contributed by atoms with Crippen LogP contribution >= 0.6 is 23.1 Å². The van der Waals surface area contributed by atoms with Crippen LogP contribution in [0.15, 0.2) is 34.2 Å². The highest BCUT2D eigenvalue weighted by molar-refractivity contribution is 7.99. The number of carbonyl (C=O) groups is 2. The summed E-state index contributed by atoms with van der Waals surface area (Å²) in [7, 11) is 0. The van der Waals surface area contributed by atoms with Crippen molar-refractivity contribution >= 4 is 50.8 Å². The molecule has 0 fully saturated rings. The van der Waals surface area contributed by atoms with Crippen molar-refractivity contribution < 1.29 is 9.59 Å². The summed E-state index contributed by atoms with van der Waals surface area (Å²) in [6.07, 6.45) is 4.94. The van der Waals surface area contributed by atoms with Crippen molar-refractivity contribution in [1.29, 1.82) is 0 Å². The van der Waals surface area contributed by atoms with E-state index in [-0.39, 0.29) is 29.7 Å². The summed E-state index contributed by atoms with van der Waals surface area (Å²) in [5, 5.41) is 4.04. The largest absolute Gasteiger partial charge is 0.333 e. The van der Waals surface area contributed by atoms with Crippen molar-refractivity contribution in [2.45, 2.75) is 51.1 Å². The van der Waals surface area contributed by atoms with E-state index in [2.05, 4.69) is 15.3 Å². The molecule has 2 N–H and O–H groups in total. The van der Waals surface area contributed by atoms with Crippen molar-refractivity contribution in [3.63, 3.8) is 0 Å². The van der Waals surface area contributed by atoms with E-state index in [0.29, 0.717) is 17.1 Å². The van der Waals surface area contributed by atoms with E-state index in [1.54, 1.807) is 16.2 Å². The number of fused-ring (bicyclic) bond motifs is 3. The molecular weight excluding hydrogens is 456 g/mol. The zero-order valence-electron chi connectivity index (χ0n) is 18.9. The maximum Gasteiger partial charge on any atom is 0.260 e. The number of aromatic nitrogens is 2. The number of amides is 2. The van der Waals surface area contributed by atoms with E-state index in [9.17, 15) is 14.4 Å². The molecule has 9 heteroatoms. The Morgan fingerprint density at radius 2 is 2.03 bits per heavy atom. The van der Waals surface area contributed by atoms with Crippen LogP contribution in [-0.2, 0) is 22.4 Å². The van der Waals surface area contributed by atoms with Gasteiger partial charge in [-0.1, -0.05) is 36.9 Å². The summed E-state index contributed by atoms with van der Waals surface area (Å²) < 4.78 is 0. The number of benzene rings is 1. The first-order valence-corrected chi connectivity index (χ1v) is 13.1. The summed E-state index contributed by atoms with van der Waals surface area (Å²) in [5.41, 5.74) is 2.73. The van der Waals surface area contributed by atoms with Gasteiger partial charge in [0, 0.05) is 17.1 Å². The smallest absolute Gasteiger partial charge is 0.260 e. The number of carbonyl (C=O) groups excluding carboxylic acids is 2. The van der Waals surface area contributed by atoms with Crippen LogP contribution in [0.4, 0.5) is 5.69 Å². The number of aryl methyl sites for hydroxylation is 3. The third-order valence-corrected chi connectivity index (χ3v) is 7.78. The number of nitrogens with one attached hydrogen (secondary N) is 2. The van der Waals surface area contributed by atoms with E-state index in [0.717, 1.165) is 53.7 Å². The van der Waals surface area contributed by atoms with Gasteiger partial charge in [-0.2, -0.15) is 0 Å². The van der Waals surface area contributed by atoms with Crippen LogP contribution in [0.1, 0.15) is 42.2 Å². The normalized spacial score (nSPS) is 13.0. The molecule has 0 bridgehead atoms. The minimum Gasteiger partial charge on any atom is -0.333 e. The van der Waals surface area contributed by atoms with Crippen LogP contribution < -0.4 is 10.9 Å². The van der Waals surface area contributed by atoms with Crippen LogP contribution in [0, 0.1) is 6.92 Å². The third kappa shape index (κ3) is 5.47. The van der Waals surface area contributed by atoms with Gasteiger partial charge >= 0.3 is 0 Å². The van der Waals surface area contributed by atoms with Crippen LogP contribution in [0.5, 0.6) is 0 Å². The summed E-state index contributed by atoms with van der Waals surface area (Å²) in [6.45, 7) is 4.37. The molecule has 4 rings (SSSR count). The molecule has 0 saturated carbocycles. The fourth-order valence-electron chi connectivity index (χ4n) is 4.07. The zero-order valence-corrected chi connectivity index (χ0v) is 20.5. The van der Waals surface area contributed by atoms with Gasteiger partial charge in [-0.15, -0.1) is 11.3 Å². The van der Waals surface area contributed by atoms with Gasteiger partial charge in [0.15, 0.2) is 5.16 Å². The second-order valence-corrected chi connectivity index (χ2v) is 10.3. The fraction of sp³-hybridized carbons (Fsp3) is 0.417. The number of aromatic amines is 1. The molecule has 0 radical (unpaired) electrons. The first-order chi connectivity index (χ1) is 16.0. The minimum absolute atomic E-state index is 0.0117. The number of para-hydroxylation sites is 1. The van der Waals surface area contributed by atoms with Gasteiger partial charge in [-0.25, -0.2) is 4.98 Å². The number of hydrogen-bond donors (Lipinski definition) is 2. The summed E-state index contributed by atoms with van der Waals surface area (Å²) >= 11 is 2.80. The highest BCUT2D eigenvalue weighted by Crippen LogP contribution is 2.34. The lowest BCUT2D eigenvalue weighted by Gasteiger charge is -2.21. The maximum absolute atomic E-state index is 12.9. The molecule has 1 aromatic carbocycles. The topological polar surface area (TPSA) is 95.2 Å². The van der Waals surface area contributed by atoms with Gasteiger partial charge < -0.3 is 15.2 Å². The van der Waals surface area contributed by atoms with Crippen LogP contribution in [0.3, 0.4) is 0 Å². The van der Waals surface area contributed by atoms with Gasteiger partial charge in [-0.05, 0) is 56.2 Å². The van der Waals surface area contributed by atoms with E-state index >= 15 is 0 Å². The monoisotopic (exact) mass is 484 g/mol. The molecule has 7 nitrogen and oxygen atoms in total.